The topological polar surface area (TPSA) is 114 Å². The molecule has 0 aliphatic rings. The van der Waals surface area contributed by atoms with Gasteiger partial charge in [-0.1, -0.05) is 0 Å². The summed E-state index contributed by atoms with van der Waals surface area (Å²) >= 11 is 0. The van der Waals surface area contributed by atoms with Gasteiger partial charge in [0.2, 0.25) is 35.7 Å². The molecule has 0 fully saturated rings. The van der Waals surface area contributed by atoms with Crippen molar-refractivity contribution in [2.45, 2.75) is 0 Å². The van der Waals surface area contributed by atoms with Crippen molar-refractivity contribution in [2.75, 3.05) is 99.7 Å². The fourth-order valence-electron chi connectivity index (χ4n) is 2.01. The molecule has 2 heterocycles. The highest BCUT2D eigenvalue weighted by Gasteiger charge is 2.11. The van der Waals surface area contributed by atoms with Crippen LogP contribution in [0.3, 0.4) is 0 Å². The number of aromatic nitrogens is 6. The number of nitrogens with one attached hydrogen (secondary N) is 2. The largest absolute Gasteiger partial charge is 0.352 e. The molecule has 2 N–H and O–H groups in total. The third-order valence-corrected chi connectivity index (χ3v) is 3.51. The molecule has 0 saturated heterocycles. The van der Waals surface area contributed by atoms with Crippen molar-refractivity contribution >= 4 is 35.7 Å². The lowest BCUT2D eigenvalue weighted by Crippen LogP contribution is -2.23. The normalized spacial score (nSPS) is 10.4. The fourth-order valence-corrected chi connectivity index (χ4v) is 2.01. The Bertz CT molecular complexity index is 656. The molecular weight excluding hydrogens is 360 g/mol. The highest BCUT2D eigenvalue weighted by atomic mass is 15.4. The van der Waals surface area contributed by atoms with Crippen LogP contribution >= 0.6 is 0 Å². The number of hydrogen-bond donors (Lipinski definition) is 2. The van der Waals surface area contributed by atoms with Gasteiger partial charge >= 0.3 is 0 Å². The Morgan fingerprint density at radius 1 is 0.464 bits per heavy atom. The third-order valence-electron chi connectivity index (χ3n) is 3.51. The predicted octanol–water partition coefficient (Wildman–Crippen LogP) is -0.155. The van der Waals surface area contributed by atoms with Gasteiger partial charge in [-0.3, -0.25) is 0 Å². The zero-order valence-corrected chi connectivity index (χ0v) is 17.9. The van der Waals surface area contributed by atoms with Crippen LogP contribution in [0.2, 0.25) is 0 Å². The molecule has 0 spiro atoms. The van der Waals surface area contributed by atoms with Crippen LogP contribution in [0.25, 0.3) is 0 Å². The second kappa shape index (κ2) is 9.15. The van der Waals surface area contributed by atoms with E-state index in [1.54, 1.807) is 0 Å². The van der Waals surface area contributed by atoms with Crippen LogP contribution < -0.4 is 30.2 Å². The van der Waals surface area contributed by atoms with Crippen molar-refractivity contribution in [1.82, 2.24) is 29.9 Å². The minimum atomic E-state index is 0.516. The molecule has 2 rings (SSSR count). The summed E-state index contributed by atoms with van der Waals surface area (Å²) in [6.07, 6.45) is 0. The molecule has 2 aromatic rings. The van der Waals surface area contributed by atoms with Gasteiger partial charge in [0.05, 0.1) is 0 Å². The number of anilines is 6. The number of nitrogens with zero attached hydrogens (tertiary/aromatic N) is 10. The first-order chi connectivity index (χ1) is 13.2. The van der Waals surface area contributed by atoms with Gasteiger partial charge in [0.25, 0.3) is 0 Å². The minimum absolute atomic E-state index is 0.516. The van der Waals surface area contributed by atoms with Gasteiger partial charge in [-0.25, -0.2) is 0 Å². The minimum Gasteiger partial charge on any atom is -0.352 e. The lowest BCUT2D eigenvalue weighted by Gasteiger charge is -2.17. The van der Waals surface area contributed by atoms with E-state index < -0.39 is 0 Å². The van der Waals surface area contributed by atoms with Gasteiger partial charge in [-0.05, 0) is 0 Å². The number of hydrogen-bond acceptors (Lipinski definition) is 12. The van der Waals surface area contributed by atoms with Gasteiger partial charge in [-0.15, -0.1) is 0 Å². The van der Waals surface area contributed by atoms with E-state index in [1.807, 2.05) is 76.0 Å². The first kappa shape index (κ1) is 21.1. The van der Waals surface area contributed by atoms with E-state index in [9.17, 15) is 0 Å². The summed E-state index contributed by atoms with van der Waals surface area (Å²) in [5.41, 5.74) is 0. The van der Waals surface area contributed by atoms with Crippen LogP contribution in [0.1, 0.15) is 0 Å². The molecule has 0 unspecified atom stereocenters. The molecule has 0 amide bonds. The van der Waals surface area contributed by atoms with E-state index in [1.165, 1.54) is 0 Å². The Hall–Kier alpha value is -3.18. The van der Waals surface area contributed by atoms with Crippen molar-refractivity contribution in [3.63, 3.8) is 0 Å². The van der Waals surface area contributed by atoms with E-state index in [2.05, 4.69) is 40.5 Å². The van der Waals surface area contributed by atoms with Gasteiger partial charge in [0, 0.05) is 69.5 Å². The lowest BCUT2D eigenvalue weighted by atomic mass is 10.6. The number of rotatable bonds is 9. The van der Waals surface area contributed by atoms with Crippen molar-refractivity contribution in [2.24, 2.45) is 0 Å². The molecule has 0 atom stereocenters. The van der Waals surface area contributed by atoms with Crippen molar-refractivity contribution in [3.05, 3.63) is 0 Å². The van der Waals surface area contributed by atoms with Gasteiger partial charge in [0.1, 0.15) is 0 Å². The summed E-state index contributed by atoms with van der Waals surface area (Å²) < 4.78 is 0. The van der Waals surface area contributed by atoms with Crippen LogP contribution in [0, 0.1) is 0 Å². The summed E-state index contributed by atoms with van der Waals surface area (Å²) in [5, 5.41) is 6.42. The summed E-state index contributed by atoms with van der Waals surface area (Å²) in [4.78, 5) is 33.8. The van der Waals surface area contributed by atoms with Crippen molar-refractivity contribution in [1.29, 1.82) is 0 Å². The maximum absolute atomic E-state index is 4.42. The third kappa shape index (κ3) is 5.66. The Balaban J connectivity index is 2.03. The lowest BCUT2D eigenvalue weighted by molar-refractivity contribution is 0.894. The highest BCUT2D eigenvalue weighted by Crippen LogP contribution is 2.14. The zero-order valence-electron chi connectivity index (χ0n) is 17.9. The molecule has 0 aliphatic heterocycles. The Morgan fingerprint density at radius 2 is 0.714 bits per heavy atom. The fraction of sp³-hybridized carbons (Fsp3) is 0.625. The first-order valence-corrected chi connectivity index (χ1v) is 8.86. The molecule has 28 heavy (non-hydrogen) atoms. The van der Waals surface area contributed by atoms with Gasteiger partial charge in [-0.2, -0.15) is 29.9 Å². The van der Waals surface area contributed by atoms with Crippen molar-refractivity contribution in [3.8, 4) is 0 Å². The summed E-state index contributed by atoms with van der Waals surface area (Å²) in [5.74, 6) is 3.41. The molecule has 2 aromatic heterocycles. The predicted molar refractivity (Wildman–Crippen MR) is 114 cm³/mol. The molecule has 0 radical (unpaired) electrons. The molecular formula is C16H30N12. The van der Waals surface area contributed by atoms with Crippen LogP contribution in [-0.2, 0) is 0 Å². The molecule has 12 heteroatoms. The SMILES string of the molecule is CN(C)c1nc(NCCNc2nc(N(C)C)nc(N(C)C)n2)nc(N(C)C)n1. The Labute approximate surface area is 166 Å². The van der Waals surface area contributed by atoms with Gasteiger partial charge in [0.15, 0.2) is 0 Å². The second-order valence-corrected chi connectivity index (χ2v) is 6.95. The van der Waals surface area contributed by atoms with Crippen LogP contribution in [0.15, 0.2) is 0 Å². The molecule has 0 bridgehead atoms. The maximum Gasteiger partial charge on any atom is 0.231 e. The average molecular weight is 391 g/mol. The molecule has 154 valence electrons. The Kier molecular flexibility index (Phi) is 6.90. The van der Waals surface area contributed by atoms with E-state index in [-0.39, 0.29) is 0 Å². The molecule has 0 aromatic carbocycles. The molecule has 0 aliphatic carbocycles. The summed E-state index contributed by atoms with van der Waals surface area (Å²) in [6, 6.07) is 0. The second-order valence-electron chi connectivity index (χ2n) is 6.95. The van der Waals surface area contributed by atoms with E-state index in [0.717, 1.165) is 0 Å². The molecule has 0 saturated carbocycles. The van der Waals surface area contributed by atoms with Crippen LogP contribution in [-0.4, -0.2) is 99.4 Å². The zero-order chi connectivity index (χ0) is 20.8. The summed E-state index contributed by atoms with van der Waals surface area (Å²) in [7, 11) is 15.2. The maximum atomic E-state index is 4.42. The van der Waals surface area contributed by atoms with E-state index in [0.29, 0.717) is 48.8 Å². The summed E-state index contributed by atoms with van der Waals surface area (Å²) in [6.45, 7) is 1.17. The average Bonchev–Trinajstić information content (AvgIpc) is 2.64. The van der Waals surface area contributed by atoms with E-state index >= 15 is 0 Å². The smallest absolute Gasteiger partial charge is 0.231 e. The first-order valence-electron chi connectivity index (χ1n) is 8.86. The molecule has 12 nitrogen and oxygen atoms in total. The Morgan fingerprint density at radius 3 is 0.929 bits per heavy atom. The standard InChI is InChI=1S/C16H30N12/c1-25(2)13-19-11(20-14(23-13)26(3)4)17-9-10-18-12-21-15(27(5)6)24-16(22-12)28(7)8/h9-10H2,1-8H3,(H,17,19,20,23)(H,18,21,22,24). The highest BCUT2D eigenvalue weighted by molar-refractivity contribution is 5.45. The van der Waals surface area contributed by atoms with Crippen LogP contribution in [0.4, 0.5) is 35.7 Å². The van der Waals surface area contributed by atoms with Crippen molar-refractivity contribution < 1.29 is 0 Å². The quantitative estimate of drug-likeness (QED) is 0.555. The monoisotopic (exact) mass is 390 g/mol. The van der Waals surface area contributed by atoms with E-state index in [4.69, 9.17) is 0 Å². The van der Waals surface area contributed by atoms with Crippen LogP contribution in [0.5, 0.6) is 0 Å². The van der Waals surface area contributed by atoms with Gasteiger partial charge < -0.3 is 30.2 Å².